The summed E-state index contributed by atoms with van der Waals surface area (Å²) in [6.07, 6.45) is 0.0137. The Hall–Kier alpha value is -1.50. The number of methoxy groups -OCH3 is 3. The molecular weight excluding hydrogens is 308 g/mol. The fourth-order valence-electron chi connectivity index (χ4n) is 1.94. The van der Waals surface area contributed by atoms with Crippen LogP contribution in [0, 0.1) is 0 Å². The third-order valence-electron chi connectivity index (χ3n) is 3.33. The van der Waals surface area contributed by atoms with Gasteiger partial charge in [-0.25, -0.2) is 0 Å². The zero-order valence-corrected chi connectivity index (χ0v) is 14.3. The normalized spacial score (nSPS) is 11.3. The summed E-state index contributed by atoms with van der Waals surface area (Å²) in [6, 6.07) is 5.53. The Morgan fingerprint density at radius 1 is 1.27 bits per heavy atom. The van der Waals surface area contributed by atoms with Gasteiger partial charge >= 0.3 is 0 Å². The Labute approximate surface area is 137 Å². The topological polar surface area (TPSA) is 74.0 Å². The van der Waals surface area contributed by atoms with Gasteiger partial charge in [-0.05, 0) is 12.1 Å². The molecule has 1 rings (SSSR count). The number of nitrogens with two attached hydrogens (primary N) is 1. The highest BCUT2D eigenvalue weighted by atomic mass is 35.5. The van der Waals surface area contributed by atoms with E-state index >= 15 is 0 Å². The van der Waals surface area contributed by atoms with Gasteiger partial charge in [0.25, 0.3) is 0 Å². The van der Waals surface area contributed by atoms with Gasteiger partial charge in [0.2, 0.25) is 5.91 Å². The van der Waals surface area contributed by atoms with Crippen molar-refractivity contribution >= 4 is 18.3 Å². The first kappa shape index (κ1) is 20.5. The maximum Gasteiger partial charge on any atom is 0.225 e. The summed E-state index contributed by atoms with van der Waals surface area (Å²) in [4.78, 5) is 13.8. The third kappa shape index (κ3) is 5.71. The minimum atomic E-state index is -0.252. The molecule has 6 nitrogen and oxygen atoms in total. The third-order valence-corrected chi connectivity index (χ3v) is 3.33. The predicted octanol–water partition coefficient (Wildman–Crippen LogP) is 1.45. The fraction of sp³-hybridized carbons (Fsp3) is 0.533. The van der Waals surface area contributed by atoms with Gasteiger partial charge in [-0.1, -0.05) is 0 Å². The minimum absolute atomic E-state index is 0. The number of benzene rings is 1. The van der Waals surface area contributed by atoms with Crippen LogP contribution in [-0.4, -0.2) is 51.8 Å². The fourth-order valence-corrected chi connectivity index (χ4v) is 1.94. The van der Waals surface area contributed by atoms with Crippen LogP contribution < -0.4 is 15.2 Å². The number of rotatable bonds is 8. The first-order valence-corrected chi connectivity index (χ1v) is 6.73. The van der Waals surface area contributed by atoms with Crippen LogP contribution in [0.4, 0.5) is 0 Å². The molecule has 0 radical (unpaired) electrons. The molecule has 0 bridgehead atoms. The van der Waals surface area contributed by atoms with Crippen LogP contribution in [0.3, 0.4) is 0 Å². The maximum absolute atomic E-state index is 12.1. The van der Waals surface area contributed by atoms with Crippen molar-refractivity contribution in [3.63, 3.8) is 0 Å². The van der Waals surface area contributed by atoms with Crippen molar-refractivity contribution in [2.75, 3.05) is 34.9 Å². The van der Waals surface area contributed by atoms with Crippen LogP contribution in [0.25, 0.3) is 0 Å². The molecule has 0 aromatic heterocycles. The van der Waals surface area contributed by atoms with Crippen LogP contribution in [0.15, 0.2) is 18.2 Å². The summed E-state index contributed by atoms with van der Waals surface area (Å²) in [6.45, 7) is 0.773. The molecule has 0 aliphatic heterocycles. The molecule has 22 heavy (non-hydrogen) atoms. The second-order valence-corrected chi connectivity index (χ2v) is 4.73. The lowest BCUT2D eigenvalue weighted by Crippen LogP contribution is -2.33. The van der Waals surface area contributed by atoms with Crippen LogP contribution in [0.2, 0.25) is 0 Å². The molecule has 0 aliphatic rings. The number of nitrogens with zero attached hydrogens (tertiary/aromatic N) is 1. The Balaban J connectivity index is 0.00000441. The van der Waals surface area contributed by atoms with Crippen molar-refractivity contribution in [2.45, 2.75) is 19.1 Å². The summed E-state index contributed by atoms with van der Waals surface area (Å²) in [5.41, 5.74) is 6.45. The summed E-state index contributed by atoms with van der Waals surface area (Å²) in [5, 5.41) is 0. The number of amides is 1. The molecule has 1 unspecified atom stereocenters. The molecule has 7 heteroatoms. The van der Waals surface area contributed by atoms with Crippen molar-refractivity contribution < 1.29 is 19.0 Å². The molecule has 1 atom stereocenters. The van der Waals surface area contributed by atoms with E-state index in [2.05, 4.69) is 0 Å². The second kappa shape index (κ2) is 10.3. The molecule has 0 saturated carbocycles. The SMILES string of the molecule is COc1ccc(CN(C)C(=O)CC(CN)OC)c(OC)c1.Cl. The van der Waals surface area contributed by atoms with E-state index in [1.54, 1.807) is 39.3 Å². The smallest absolute Gasteiger partial charge is 0.225 e. The standard InChI is InChI=1S/C15H24N2O4.ClH/c1-17(15(18)8-13(9-16)20-3)10-11-5-6-12(19-2)7-14(11)21-4;/h5-7,13H,8-10,16H2,1-4H3;1H. The molecule has 126 valence electrons. The van der Waals surface area contributed by atoms with Gasteiger partial charge in [-0.15, -0.1) is 12.4 Å². The lowest BCUT2D eigenvalue weighted by atomic mass is 10.1. The van der Waals surface area contributed by atoms with E-state index in [1.807, 2.05) is 12.1 Å². The average molecular weight is 333 g/mol. The molecule has 1 aromatic carbocycles. The van der Waals surface area contributed by atoms with Gasteiger partial charge < -0.3 is 24.8 Å². The Morgan fingerprint density at radius 3 is 2.45 bits per heavy atom. The first-order valence-electron chi connectivity index (χ1n) is 6.73. The van der Waals surface area contributed by atoms with E-state index in [4.69, 9.17) is 19.9 Å². The zero-order valence-electron chi connectivity index (χ0n) is 13.5. The molecule has 0 fully saturated rings. The zero-order chi connectivity index (χ0) is 15.8. The average Bonchev–Trinajstić information content (AvgIpc) is 2.52. The largest absolute Gasteiger partial charge is 0.497 e. The monoisotopic (exact) mass is 332 g/mol. The second-order valence-electron chi connectivity index (χ2n) is 4.73. The molecule has 0 spiro atoms. The molecule has 1 aromatic rings. The van der Waals surface area contributed by atoms with Gasteiger partial charge in [0.1, 0.15) is 11.5 Å². The number of carbonyl (C=O) groups excluding carboxylic acids is 1. The van der Waals surface area contributed by atoms with E-state index in [0.29, 0.717) is 24.6 Å². The number of hydrogen-bond acceptors (Lipinski definition) is 5. The van der Waals surface area contributed by atoms with Crippen LogP contribution in [-0.2, 0) is 16.1 Å². The van der Waals surface area contributed by atoms with Gasteiger partial charge in [-0.2, -0.15) is 0 Å². The van der Waals surface area contributed by atoms with Crippen molar-refractivity contribution in [1.82, 2.24) is 4.90 Å². The van der Waals surface area contributed by atoms with Gasteiger partial charge in [-0.3, -0.25) is 4.79 Å². The van der Waals surface area contributed by atoms with Crippen LogP contribution in [0.5, 0.6) is 11.5 Å². The quantitative estimate of drug-likeness (QED) is 0.780. The number of hydrogen-bond donors (Lipinski definition) is 1. The number of ether oxygens (including phenoxy) is 3. The van der Waals surface area contributed by atoms with Crippen molar-refractivity contribution in [3.8, 4) is 11.5 Å². The lowest BCUT2D eigenvalue weighted by molar-refractivity contribution is -0.132. The molecule has 0 heterocycles. The van der Waals surface area contributed by atoms with E-state index in [-0.39, 0.29) is 30.8 Å². The highest BCUT2D eigenvalue weighted by molar-refractivity contribution is 5.85. The van der Waals surface area contributed by atoms with E-state index in [1.165, 1.54) is 0 Å². The summed E-state index contributed by atoms with van der Waals surface area (Å²) in [5.74, 6) is 1.38. The van der Waals surface area contributed by atoms with Crippen molar-refractivity contribution in [3.05, 3.63) is 23.8 Å². The van der Waals surface area contributed by atoms with Crippen molar-refractivity contribution in [2.24, 2.45) is 5.73 Å². The maximum atomic E-state index is 12.1. The molecule has 0 saturated heterocycles. The van der Waals surface area contributed by atoms with Crippen molar-refractivity contribution in [1.29, 1.82) is 0 Å². The number of carbonyl (C=O) groups is 1. The highest BCUT2D eigenvalue weighted by Gasteiger charge is 2.17. The molecule has 1 amide bonds. The molecular formula is C15H25ClN2O4. The van der Waals surface area contributed by atoms with E-state index < -0.39 is 0 Å². The van der Waals surface area contributed by atoms with Crippen LogP contribution in [0.1, 0.15) is 12.0 Å². The van der Waals surface area contributed by atoms with Gasteiger partial charge in [0.05, 0.1) is 26.7 Å². The van der Waals surface area contributed by atoms with E-state index in [0.717, 1.165) is 5.56 Å². The summed E-state index contributed by atoms with van der Waals surface area (Å²) < 4.78 is 15.6. The first-order chi connectivity index (χ1) is 10.0. The molecule has 0 aliphatic carbocycles. The molecule has 2 N–H and O–H groups in total. The van der Waals surface area contributed by atoms with E-state index in [9.17, 15) is 4.79 Å². The Kier molecular flexibility index (Phi) is 9.56. The van der Waals surface area contributed by atoms with Gasteiger partial charge in [0, 0.05) is 38.9 Å². The van der Waals surface area contributed by atoms with Crippen LogP contribution >= 0.6 is 12.4 Å². The number of halogens is 1. The summed E-state index contributed by atoms with van der Waals surface area (Å²) >= 11 is 0. The van der Waals surface area contributed by atoms with Gasteiger partial charge in [0.15, 0.2) is 0 Å². The summed E-state index contributed by atoms with van der Waals surface area (Å²) in [7, 11) is 6.49. The highest BCUT2D eigenvalue weighted by Crippen LogP contribution is 2.25. The Bertz CT molecular complexity index is 467. The predicted molar refractivity (Wildman–Crippen MR) is 87.7 cm³/mol. The minimum Gasteiger partial charge on any atom is -0.497 e. The Morgan fingerprint density at radius 2 is 1.95 bits per heavy atom. The lowest BCUT2D eigenvalue weighted by Gasteiger charge is -2.21.